The minimum Gasteiger partial charge on any atom is -0.375 e. The van der Waals surface area contributed by atoms with Gasteiger partial charge in [-0.1, -0.05) is 22.0 Å². The number of ether oxygens (including phenoxy) is 1. The Balaban J connectivity index is 1.99. The summed E-state index contributed by atoms with van der Waals surface area (Å²) in [7, 11) is 1.51. The highest BCUT2D eigenvalue weighted by Gasteiger charge is 2.03. The Kier molecular flexibility index (Phi) is 4.38. The monoisotopic (exact) mass is 310 g/mol. The van der Waals surface area contributed by atoms with Crippen LogP contribution in [-0.4, -0.2) is 30.7 Å². The zero-order valence-electron chi connectivity index (χ0n) is 10.1. The van der Waals surface area contributed by atoms with Crippen LogP contribution < -0.4 is 5.32 Å². The molecule has 0 unspecified atom stereocenters. The fraction of sp³-hybridized carbons (Fsp3) is 0.308. The van der Waals surface area contributed by atoms with Gasteiger partial charge in [-0.2, -0.15) is 0 Å². The molecule has 2 rings (SSSR count). The van der Waals surface area contributed by atoms with Crippen LogP contribution in [0, 0.1) is 0 Å². The molecule has 4 nitrogen and oxygen atoms in total. The average Bonchev–Trinajstić information content (AvgIpc) is 2.72. The summed E-state index contributed by atoms with van der Waals surface area (Å²) in [5.41, 5.74) is 1.16. The van der Waals surface area contributed by atoms with E-state index in [-0.39, 0.29) is 12.5 Å². The number of fused-ring (bicyclic) bond motifs is 1. The summed E-state index contributed by atoms with van der Waals surface area (Å²) in [5, 5.41) is 4.00. The van der Waals surface area contributed by atoms with Crippen molar-refractivity contribution < 1.29 is 9.53 Å². The van der Waals surface area contributed by atoms with Gasteiger partial charge in [0.15, 0.2) is 0 Å². The minimum atomic E-state index is -0.0878. The van der Waals surface area contributed by atoms with Crippen LogP contribution in [0.15, 0.2) is 34.9 Å². The highest BCUT2D eigenvalue weighted by atomic mass is 79.9. The molecule has 18 heavy (non-hydrogen) atoms. The largest absolute Gasteiger partial charge is 0.375 e. The van der Waals surface area contributed by atoms with Crippen LogP contribution in [0.25, 0.3) is 10.9 Å². The third-order valence-electron chi connectivity index (χ3n) is 2.69. The van der Waals surface area contributed by atoms with Crippen molar-refractivity contribution in [2.75, 3.05) is 20.3 Å². The van der Waals surface area contributed by atoms with E-state index < -0.39 is 0 Å². The van der Waals surface area contributed by atoms with Crippen LogP contribution >= 0.6 is 15.9 Å². The van der Waals surface area contributed by atoms with E-state index in [0.29, 0.717) is 6.54 Å². The van der Waals surface area contributed by atoms with E-state index in [1.165, 1.54) is 12.5 Å². The average molecular weight is 311 g/mol. The van der Waals surface area contributed by atoms with Crippen molar-refractivity contribution in [3.05, 3.63) is 34.9 Å². The number of halogens is 1. The quantitative estimate of drug-likeness (QED) is 0.919. The summed E-state index contributed by atoms with van der Waals surface area (Å²) in [6, 6.07) is 8.23. The highest BCUT2D eigenvalue weighted by molar-refractivity contribution is 9.10. The Morgan fingerprint density at radius 2 is 2.28 bits per heavy atom. The summed E-state index contributed by atoms with van der Waals surface area (Å²) in [6.45, 7) is 1.45. The molecule has 2 aromatic rings. The lowest BCUT2D eigenvalue weighted by atomic mass is 10.2. The molecular formula is C13H15BrN2O2. The van der Waals surface area contributed by atoms with Crippen molar-refractivity contribution >= 4 is 32.7 Å². The second-order valence-electron chi connectivity index (χ2n) is 4.00. The van der Waals surface area contributed by atoms with E-state index in [0.717, 1.165) is 16.5 Å². The van der Waals surface area contributed by atoms with Gasteiger partial charge in [-0.3, -0.25) is 4.79 Å². The van der Waals surface area contributed by atoms with Crippen LogP contribution in [0.3, 0.4) is 0 Å². The molecule has 0 aliphatic carbocycles. The molecule has 0 bridgehead atoms. The molecule has 0 saturated carbocycles. The number of hydrogen-bond acceptors (Lipinski definition) is 2. The highest BCUT2D eigenvalue weighted by Crippen LogP contribution is 2.20. The van der Waals surface area contributed by atoms with Crippen molar-refractivity contribution in [3.63, 3.8) is 0 Å². The fourth-order valence-corrected chi connectivity index (χ4v) is 2.20. The standard InChI is InChI=1S/C13H15BrN2O2/c1-18-9-13(17)15-5-7-16-6-4-10-2-3-11(14)8-12(10)16/h2-4,6,8H,5,7,9H2,1H3,(H,15,17). The van der Waals surface area contributed by atoms with E-state index in [1.54, 1.807) is 0 Å². The minimum absolute atomic E-state index is 0.0878. The van der Waals surface area contributed by atoms with Crippen LogP contribution in [-0.2, 0) is 16.1 Å². The van der Waals surface area contributed by atoms with Crippen molar-refractivity contribution in [2.24, 2.45) is 0 Å². The van der Waals surface area contributed by atoms with Gasteiger partial charge >= 0.3 is 0 Å². The molecule has 0 aliphatic heterocycles. The van der Waals surface area contributed by atoms with E-state index >= 15 is 0 Å². The van der Waals surface area contributed by atoms with Gasteiger partial charge in [0.2, 0.25) is 5.91 Å². The van der Waals surface area contributed by atoms with Gasteiger partial charge in [-0.05, 0) is 23.6 Å². The van der Waals surface area contributed by atoms with E-state index in [9.17, 15) is 4.79 Å². The molecule has 1 heterocycles. The van der Waals surface area contributed by atoms with Gasteiger partial charge in [-0.25, -0.2) is 0 Å². The second kappa shape index (κ2) is 6.02. The molecular weight excluding hydrogens is 296 g/mol. The third-order valence-corrected chi connectivity index (χ3v) is 3.18. The lowest BCUT2D eigenvalue weighted by Gasteiger charge is -2.07. The van der Waals surface area contributed by atoms with Gasteiger partial charge < -0.3 is 14.6 Å². The number of nitrogens with one attached hydrogen (secondary N) is 1. The topological polar surface area (TPSA) is 43.3 Å². The Bertz CT molecular complexity index is 551. The zero-order valence-corrected chi connectivity index (χ0v) is 11.7. The summed E-state index contributed by atoms with van der Waals surface area (Å²) >= 11 is 3.46. The van der Waals surface area contributed by atoms with Gasteiger partial charge in [0.1, 0.15) is 6.61 Å². The number of carbonyl (C=O) groups is 1. The Morgan fingerprint density at radius 3 is 3.06 bits per heavy atom. The number of aromatic nitrogens is 1. The van der Waals surface area contributed by atoms with Gasteiger partial charge in [-0.15, -0.1) is 0 Å². The number of methoxy groups -OCH3 is 1. The van der Waals surface area contributed by atoms with Gasteiger partial charge in [0.05, 0.1) is 0 Å². The molecule has 0 fully saturated rings. The van der Waals surface area contributed by atoms with Crippen LogP contribution in [0.5, 0.6) is 0 Å². The van der Waals surface area contributed by atoms with Crippen molar-refractivity contribution in [1.29, 1.82) is 0 Å². The van der Waals surface area contributed by atoms with Gasteiger partial charge in [0, 0.05) is 36.4 Å². The molecule has 1 aromatic heterocycles. The number of rotatable bonds is 5. The number of hydrogen-bond donors (Lipinski definition) is 1. The molecule has 0 atom stereocenters. The first-order valence-corrected chi connectivity index (χ1v) is 6.50. The first kappa shape index (κ1) is 13.1. The zero-order chi connectivity index (χ0) is 13.0. The molecule has 1 amide bonds. The molecule has 0 aliphatic rings. The van der Waals surface area contributed by atoms with Crippen molar-refractivity contribution in [1.82, 2.24) is 9.88 Å². The number of nitrogens with zero attached hydrogens (tertiary/aromatic N) is 1. The number of amides is 1. The Hall–Kier alpha value is -1.33. The SMILES string of the molecule is COCC(=O)NCCn1ccc2ccc(Br)cc21. The first-order chi connectivity index (χ1) is 8.70. The smallest absolute Gasteiger partial charge is 0.246 e. The molecule has 0 spiro atoms. The molecule has 1 N–H and O–H groups in total. The molecule has 5 heteroatoms. The number of benzene rings is 1. The maximum atomic E-state index is 11.2. The lowest BCUT2D eigenvalue weighted by molar-refractivity contribution is -0.124. The maximum absolute atomic E-state index is 11.2. The van der Waals surface area contributed by atoms with Crippen molar-refractivity contribution in [3.8, 4) is 0 Å². The Labute approximate surface area is 114 Å². The van der Waals surface area contributed by atoms with E-state index in [1.807, 2.05) is 12.3 Å². The maximum Gasteiger partial charge on any atom is 0.246 e. The molecule has 96 valence electrons. The van der Waals surface area contributed by atoms with Crippen molar-refractivity contribution in [2.45, 2.75) is 6.54 Å². The molecule has 0 radical (unpaired) electrons. The lowest BCUT2D eigenvalue weighted by Crippen LogP contribution is -2.30. The second-order valence-corrected chi connectivity index (χ2v) is 4.91. The summed E-state index contributed by atoms with van der Waals surface area (Å²) < 4.78 is 7.92. The Morgan fingerprint density at radius 1 is 1.44 bits per heavy atom. The normalized spacial score (nSPS) is 10.8. The summed E-state index contributed by atoms with van der Waals surface area (Å²) in [6.07, 6.45) is 2.03. The van der Waals surface area contributed by atoms with Crippen LogP contribution in [0.1, 0.15) is 0 Å². The predicted molar refractivity (Wildman–Crippen MR) is 74.5 cm³/mol. The van der Waals surface area contributed by atoms with E-state index in [4.69, 9.17) is 4.74 Å². The van der Waals surface area contributed by atoms with Gasteiger partial charge in [0.25, 0.3) is 0 Å². The molecule has 0 saturated heterocycles. The fourth-order valence-electron chi connectivity index (χ4n) is 1.85. The van der Waals surface area contributed by atoms with Crippen LogP contribution in [0.4, 0.5) is 0 Å². The molecule has 1 aromatic carbocycles. The van der Waals surface area contributed by atoms with E-state index in [2.05, 4.69) is 44.0 Å². The summed E-state index contributed by atoms with van der Waals surface area (Å²) in [4.78, 5) is 11.2. The van der Waals surface area contributed by atoms with Crippen LogP contribution in [0.2, 0.25) is 0 Å². The summed E-state index contributed by atoms with van der Waals surface area (Å²) in [5.74, 6) is -0.0878. The first-order valence-electron chi connectivity index (χ1n) is 5.71. The number of carbonyl (C=O) groups excluding carboxylic acids is 1. The third kappa shape index (κ3) is 3.11. The predicted octanol–water partition coefficient (Wildman–Crippen LogP) is 2.17.